The first-order chi connectivity index (χ1) is 13.3. The van der Waals surface area contributed by atoms with Gasteiger partial charge in [-0.2, -0.15) is 0 Å². The van der Waals surface area contributed by atoms with Gasteiger partial charge in [-0.05, 0) is 25.0 Å². The number of halogens is 1. The Kier molecular flexibility index (Phi) is 5.78. The van der Waals surface area contributed by atoms with Gasteiger partial charge in [0.15, 0.2) is 0 Å². The number of amides is 4. The molecule has 3 rings (SSSR count). The van der Waals surface area contributed by atoms with Crippen LogP contribution in [0.4, 0.5) is 19.0 Å². The van der Waals surface area contributed by atoms with Crippen LogP contribution in [0, 0.1) is 5.82 Å². The molecule has 0 radical (unpaired) electrons. The Labute approximate surface area is 164 Å². The molecule has 1 unspecified atom stereocenters. The van der Waals surface area contributed by atoms with Gasteiger partial charge < -0.3 is 21.1 Å². The molecule has 1 saturated heterocycles. The van der Waals surface area contributed by atoms with E-state index in [0.29, 0.717) is 24.3 Å². The molecule has 8 nitrogen and oxygen atoms in total. The van der Waals surface area contributed by atoms with Crippen molar-refractivity contribution in [3.8, 4) is 10.4 Å². The maximum atomic E-state index is 14.1. The lowest BCUT2D eigenvalue weighted by Crippen LogP contribution is -2.46. The van der Waals surface area contributed by atoms with Crippen LogP contribution in [0.3, 0.4) is 0 Å². The highest BCUT2D eigenvalue weighted by molar-refractivity contribution is 7.20. The number of nitrogens with two attached hydrogens (primary N) is 2. The largest absolute Gasteiger partial charge is 0.457 e. The standard InChI is InChI=1S/C18H19FN4O4S/c19-13-6-2-1-5-11(13)14-8-12(15(28-14)22-17(20)25)16(24)27-10-4-3-7-23(9-10)18(21)26/h1-2,5-6,8,10H,3-4,7,9H2,(H2,21,26)(H3,20,22,25). The predicted octanol–water partition coefficient (Wildman–Crippen LogP) is 2.74. The van der Waals surface area contributed by atoms with Crippen LogP contribution in [-0.2, 0) is 4.74 Å². The normalized spacial score (nSPS) is 16.5. The molecule has 0 saturated carbocycles. The molecule has 1 fully saturated rings. The molecule has 1 aliphatic rings. The number of rotatable bonds is 4. The lowest BCUT2D eigenvalue weighted by atomic mass is 10.1. The quantitative estimate of drug-likeness (QED) is 0.675. The van der Waals surface area contributed by atoms with Crippen LogP contribution in [0.5, 0.6) is 0 Å². The second-order valence-corrected chi connectivity index (χ2v) is 7.33. The number of hydrogen-bond acceptors (Lipinski definition) is 5. The lowest BCUT2D eigenvalue weighted by molar-refractivity contribution is 0.0129. The van der Waals surface area contributed by atoms with E-state index >= 15 is 0 Å². The first kappa shape index (κ1) is 19.6. The molecule has 2 heterocycles. The third-order valence-electron chi connectivity index (χ3n) is 4.29. The number of hydrogen-bond donors (Lipinski definition) is 3. The van der Waals surface area contributed by atoms with Crippen molar-refractivity contribution in [1.82, 2.24) is 4.90 Å². The fourth-order valence-electron chi connectivity index (χ4n) is 2.99. The van der Waals surface area contributed by atoms with Crippen molar-refractivity contribution >= 4 is 34.4 Å². The highest BCUT2D eigenvalue weighted by Gasteiger charge is 2.27. The maximum absolute atomic E-state index is 14.1. The van der Waals surface area contributed by atoms with Crippen molar-refractivity contribution in [2.45, 2.75) is 18.9 Å². The second-order valence-electron chi connectivity index (χ2n) is 6.28. The minimum absolute atomic E-state index is 0.0678. The molecular weight excluding hydrogens is 387 g/mol. The Morgan fingerprint density at radius 2 is 2.00 bits per heavy atom. The van der Waals surface area contributed by atoms with Crippen molar-refractivity contribution in [1.29, 1.82) is 0 Å². The Bertz CT molecular complexity index is 917. The van der Waals surface area contributed by atoms with Crippen LogP contribution in [0.2, 0.25) is 0 Å². The Hall–Kier alpha value is -3.14. The summed E-state index contributed by atoms with van der Waals surface area (Å²) in [6, 6.07) is 6.11. The summed E-state index contributed by atoms with van der Waals surface area (Å²) in [6.07, 6.45) is 0.711. The average molecular weight is 406 g/mol. The SMILES string of the molecule is NC(=O)Nc1sc(-c2ccccc2F)cc1C(=O)OC1CCCN(C(N)=O)C1. The summed E-state index contributed by atoms with van der Waals surface area (Å²) < 4.78 is 19.6. The summed E-state index contributed by atoms with van der Waals surface area (Å²) in [5, 5.41) is 2.54. The molecule has 1 atom stereocenters. The van der Waals surface area contributed by atoms with Crippen LogP contribution in [0.25, 0.3) is 10.4 Å². The molecule has 1 aliphatic heterocycles. The number of nitrogens with one attached hydrogen (secondary N) is 1. The number of piperidine rings is 1. The van der Waals surface area contributed by atoms with Gasteiger partial charge in [-0.25, -0.2) is 18.8 Å². The van der Waals surface area contributed by atoms with Crippen LogP contribution in [0.1, 0.15) is 23.2 Å². The molecule has 0 bridgehead atoms. The van der Waals surface area contributed by atoms with Crippen molar-refractivity contribution in [3.63, 3.8) is 0 Å². The fourth-order valence-corrected chi connectivity index (χ4v) is 4.07. The molecule has 1 aromatic carbocycles. The Balaban J connectivity index is 1.85. The van der Waals surface area contributed by atoms with Crippen LogP contribution in [-0.4, -0.2) is 42.1 Å². The van der Waals surface area contributed by atoms with Crippen LogP contribution < -0.4 is 16.8 Å². The summed E-state index contributed by atoms with van der Waals surface area (Å²) in [6.45, 7) is 0.706. The van der Waals surface area contributed by atoms with Crippen molar-refractivity contribution in [2.24, 2.45) is 11.5 Å². The van der Waals surface area contributed by atoms with Crippen LogP contribution >= 0.6 is 11.3 Å². The average Bonchev–Trinajstić information content (AvgIpc) is 3.05. The number of likely N-dealkylation sites (tertiary alicyclic amines) is 1. The summed E-state index contributed by atoms with van der Waals surface area (Å²) in [7, 11) is 0. The number of urea groups is 2. The zero-order valence-electron chi connectivity index (χ0n) is 14.8. The van der Waals surface area contributed by atoms with E-state index in [-0.39, 0.29) is 22.7 Å². The van der Waals surface area contributed by atoms with E-state index in [1.54, 1.807) is 18.2 Å². The van der Waals surface area contributed by atoms with E-state index in [4.69, 9.17) is 16.2 Å². The minimum Gasteiger partial charge on any atom is -0.457 e. The van der Waals surface area contributed by atoms with Gasteiger partial charge in [0.2, 0.25) is 0 Å². The van der Waals surface area contributed by atoms with Crippen molar-refractivity contribution in [3.05, 3.63) is 41.7 Å². The van der Waals surface area contributed by atoms with E-state index < -0.39 is 30.0 Å². The van der Waals surface area contributed by atoms with Gasteiger partial charge in [0.25, 0.3) is 0 Å². The van der Waals surface area contributed by atoms with E-state index in [9.17, 15) is 18.8 Å². The number of benzene rings is 1. The van der Waals surface area contributed by atoms with E-state index in [1.165, 1.54) is 17.0 Å². The minimum atomic E-state index is -0.853. The van der Waals surface area contributed by atoms with E-state index in [0.717, 1.165) is 11.3 Å². The number of primary amides is 2. The third-order valence-corrected chi connectivity index (χ3v) is 5.38. The third kappa shape index (κ3) is 4.39. The van der Waals surface area contributed by atoms with Gasteiger partial charge in [0.1, 0.15) is 16.9 Å². The van der Waals surface area contributed by atoms with Crippen LogP contribution in [0.15, 0.2) is 30.3 Å². The summed E-state index contributed by atoms with van der Waals surface area (Å²) >= 11 is 1.01. The van der Waals surface area contributed by atoms with E-state index in [1.807, 2.05) is 0 Å². The number of esters is 1. The summed E-state index contributed by atoms with van der Waals surface area (Å²) in [4.78, 5) is 37.2. The lowest BCUT2D eigenvalue weighted by Gasteiger charge is -2.31. The van der Waals surface area contributed by atoms with Gasteiger partial charge in [-0.3, -0.25) is 5.32 Å². The summed E-state index contributed by atoms with van der Waals surface area (Å²) in [5.41, 5.74) is 10.8. The molecule has 2 aromatic rings. The molecule has 0 spiro atoms. The van der Waals surface area contributed by atoms with Gasteiger partial charge in [0.05, 0.1) is 12.1 Å². The molecule has 28 heavy (non-hydrogen) atoms. The Morgan fingerprint density at radius 1 is 1.25 bits per heavy atom. The molecular formula is C18H19FN4O4S. The zero-order valence-corrected chi connectivity index (χ0v) is 15.6. The molecule has 148 valence electrons. The smallest absolute Gasteiger partial charge is 0.341 e. The number of thiophene rings is 1. The van der Waals surface area contributed by atoms with Gasteiger partial charge in [-0.1, -0.05) is 18.2 Å². The fraction of sp³-hybridized carbons (Fsp3) is 0.278. The number of carbonyl (C=O) groups excluding carboxylic acids is 3. The van der Waals surface area contributed by atoms with Gasteiger partial charge in [0, 0.05) is 17.0 Å². The first-order valence-electron chi connectivity index (χ1n) is 8.55. The highest BCUT2D eigenvalue weighted by atomic mass is 32.1. The number of anilines is 1. The predicted molar refractivity (Wildman–Crippen MR) is 103 cm³/mol. The van der Waals surface area contributed by atoms with E-state index in [2.05, 4.69) is 5.32 Å². The van der Waals surface area contributed by atoms with Crippen molar-refractivity contribution < 1.29 is 23.5 Å². The number of ether oxygens (including phenoxy) is 1. The molecule has 5 N–H and O–H groups in total. The molecule has 1 aromatic heterocycles. The summed E-state index contributed by atoms with van der Waals surface area (Å²) in [5.74, 6) is -1.16. The van der Waals surface area contributed by atoms with Gasteiger partial charge in [-0.15, -0.1) is 11.3 Å². The maximum Gasteiger partial charge on any atom is 0.341 e. The number of carbonyl (C=O) groups is 3. The molecule has 0 aliphatic carbocycles. The first-order valence-corrected chi connectivity index (χ1v) is 9.37. The zero-order chi connectivity index (χ0) is 20.3. The molecule has 4 amide bonds. The van der Waals surface area contributed by atoms with Crippen molar-refractivity contribution in [2.75, 3.05) is 18.4 Å². The monoisotopic (exact) mass is 406 g/mol. The second kappa shape index (κ2) is 8.26. The Morgan fingerprint density at radius 3 is 2.68 bits per heavy atom. The number of nitrogens with zero attached hydrogens (tertiary/aromatic N) is 1. The molecule has 10 heteroatoms. The highest BCUT2D eigenvalue weighted by Crippen LogP contribution is 2.37. The topological polar surface area (TPSA) is 128 Å². The van der Waals surface area contributed by atoms with Gasteiger partial charge >= 0.3 is 18.0 Å².